The summed E-state index contributed by atoms with van der Waals surface area (Å²) in [6.07, 6.45) is 5.02. The topological polar surface area (TPSA) is 39.1 Å². The first-order valence-electron chi connectivity index (χ1n) is 7.22. The van der Waals surface area contributed by atoms with Gasteiger partial charge in [0.1, 0.15) is 11.9 Å². The molecule has 1 atom stereocenters. The SMILES string of the molecule is CC(C)Cn1ccnc1NCC1Cc2ccccc2O1. The van der Waals surface area contributed by atoms with Crippen LogP contribution in [0.25, 0.3) is 0 Å². The number of anilines is 1. The summed E-state index contributed by atoms with van der Waals surface area (Å²) in [4.78, 5) is 4.38. The third-order valence-corrected chi connectivity index (χ3v) is 3.48. The number of nitrogens with zero attached hydrogens (tertiary/aromatic N) is 2. The number of nitrogens with one attached hydrogen (secondary N) is 1. The Labute approximate surface area is 119 Å². The van der Waals surface area contributed by atoms with E-state index in [0.717, 1.165) is 31.2 Å². The average molecular weight is 271 g/mol. The lowest BCUT2D eigenvalue weighted by Gasteiger charge is -2.15. The summed E-state index contributed by atoms with van der Waals surface area (Å²) in [5.74, 6) is 2.56. The Morgan fingerprint density at radius 2 is 2.25 bits per heavy atom. The van der Waals surface area contributed by atoms with E-state index in [1.807, 2.05) is 24.5 Å². The van der Waals surface area contributed by atoms with E-state index < -0.39 is 0 Å². The third kappa shape index (κ3) is 2.79. The zero-order valence-corrected chi connectivity index (χ0v) is 12.0. The standard InChI is InChI=1S/C16H21N3O/c1-12(2)11-19-8-7-17-16(19)18-10-14-9-13-5-3-4-6-15(13)20-14/h3-8,12,14H,9-11H2,1-2H3,(H,17,18). The van der Waals surface area contributed by atoms with Crippen molar-refractivity contribution < 1.29 is 4.74 Å². The largest absolute Gasteiger partial charge is 0.488 e. The molecule has 0 radical (unpaired) electrons. The molecule has 3 rings (SSSR count). The number of hydrogen-bond acceptors (Lipinski definition) is 3. The van der Waals surface area contributed by atoms with Gasteiger partial charge in [-0.1, -0.05) is 32.0 Å². The van der Waals surface area contributed by atoms with Crippen molar-refractivity contribution in [3.8, 4) is 5.75 Å². The number of fused-ring (bicyclic) bond motifs is 1. The molecule has 1 aromatic heterocycles. The summed E-state index contributed by atoms with van der Waals surface area (Å²) in [7, 11) is 0. The molecule has 0 bridgehead atoms. The number of hydrogen-bond donors (Lipinski definition) is 1. The van der Waals surface area contributed by atoms with Gasteiger partial charge in [-0.2, -0.15) is 0 Å². The van der Waals surface area contributed by atoms with E-state index in [-0.39, 0.29) is 6.10 Å². The lowest BCUT2D eigenvalue weighted by atomic mass is 10.1. The second kappa shape index (κ2) is 5.57. The van der Waals surface area contributed by atoms with Gasteiger partial charge in [0.15, 0.2) is 0 Å². The average Bonchev–Trinajstić information content (AvgIpc) is 3.01. The van der Waals surface area contributed by atoms with E-state index >= 15 is 0 Å². The van der Waals surface area contributed by atoms with Gasteiger partial charge in [-0.05, 0) is 17.5 Å². The van der Waals surface area contributed by atoms with E-state index in [1.165, 1.54) is 5.56 Å². The molecular weight excluding hydrogens is 250 g/mol. The van der Waals surface area contributed by atoms with Crippen LogP contribution in [0.5, 0.6) is 5.75 Å². The minimum absolute atomic E-state index is 0.191. The van der Waals surface area contributed by atoms with Crippen LogP contribution in [0, 0.1) is 5.92 Å². The highest BCUT2D eigenvalue weighted by atomic mass is 16.5. The van der Waals surface area contributed by atoms with Crippen molar-refractivity contribution >= 4 is 5.95 Å². The summed E-state index contributed by atoms with van der Waals surface area (Å²) in [6, 6.07) is 8.25. The molecule has 0 amide bonds. The molecule has 1 aromatic carbocycles. The van der Waals surface area contributed by atoms with Crippen molar-refractivity contribution in [3.05, 3.63) is 42.2 Å². The van der Waals surface area contributed by atoms with Gasteiger partial charge in [0.25, 0.3) is 0 Å². The molecule has 1 unspecified atom stereocenters. The van der Waals surface area contributed by atoms with Gasteiger partial charge in [0.2, 0.25) is 5.95 Å². The maximum absolute atomic E-state index is 5.93. The number of para-hydroxylation sites is 1. The Hall–Kier alpha value is -1.97. The molecule has 0 spiro atoms. The van der Waals surface area contributed by atoms with E-state index in [1.54, 1.807) is 0 Å². The molecule has 4 nitrogen and oxygen atoms in total. The summed E-state index contributed by atoms with van der Waals surface area (Å²) in [5.41, 5.74) is 1.30. The maximum Gasteiger partial charge on any atom is 0.202 e. The van der Waals surface area contributed by atoms with Crippen LogP contribution in [-0.4, -0.2) is 22.2 Å². The first-order chi connectivity index (χ1) is 9.72. The maximum atomic E-state index is 5.93. The van der Waals surface area contributed by atoms with Crippen LogP contribution in [0.4, 0.5) is 5.95 Å². The van der Waals surface area contributed by atoms with Crippen LogP contribution in [0.2, 0.25) is 0 Å². The molecular formula is C16H21N3O. The lowest BCUT2D eigenvalue weighted by Crippen LogP contribution is -2.25. The monoisotopic (exact) mass is 271 g/mol. The predicted molar refractivity (Wildman–Crippen MR) is 80.1 cm³/mol. The van der Waals surface area contributed by atoms with Crippen molar-refractivity contribution in [2.45, 2.75) is 32.9 Å². The van der Waals surface area contributed by atoms with Crippen LogP contribution in [0.3, 0.4) is 0 Å². The van der Waals surface area contributed by atoms with Crippen molar-refractivity contribution in [2.24, 2.45) is 5.92 Å². The van der Waals surface area contributed by atoms with Crippen molar-refractivity contribution in [1.29, 1.82) is 0 Å². The highest BCUT2D eigenvalue weighted by Crippen LogP contribution is 2.28. The second-order valence-electron chi connectivity index (χ2n) is 5.73. The quantitative estimate of drug-likeness (QED) is 0.908. The fourth-order valence-corrected chi connectivity index (χ4v) is 2.59. The molecule has 2 heterocycles. The lowest BCUT2D eigenvalue weighted by molar-refractivity contribution is 0.246. The van der Waals surface area contributed by atoms with Crippen molar-refractivity contribution in [2.75, 3.05) is 11.9 Å². The number of imidazole rings is 1. The Kier molecular flexibility index (Phi) is 3.63. The normalized spacial score (nSPS) is 17.1. The van der Waals surface area contributed by atoms with Gasteiger partial charge < -0.3 is 14.6 Å². The highest BCUT2D eigenvalue weighted by molar-refractivity contribution is 5.38. The van der Waals surface area contributed by atoms with Crippen LogP contribution < -0.4 is 10.1 Å². The highest BCUT2D eigenvalue weighted by Gasteiger charge is 2.22. The summed E-state index contributed by atoms with van der Waals surface area (Å²) >= 11 is 0. The molecule has 1 aliphatic heterocycles. The Morgan fingerprint density at radius 3 is 3.05 bits per heavy atom. The minimum atomic E-state index is 0.191. The Balaban J connectivity index is 1.58. The smallest absolute Gasteiger partial charge is 0.202 e. The Bertz CT molecular complexity index is 552. The van der Waals surface area contributed by atoms with Crippen molar-refractivity contribution in [3.63, 3.8) is 0 Å². The third-order valence-electron chi connectivity index (χ3n) is 3.48. The first kappa shape index (κ1) is 13.0. The van der Waals surface area contributed by atoms with Gasteiger partial charge in [-0.15, -0.1) is 0 Å². The second-order valence-corrected chi connectivity index (χ2v) is 5.73. The van der Waals surface area contributed by atoms with Crippen LogP contribution in [-0.2, 0) is 13.0 Å². The molecule has 0 aliphatic carbocycles. The summed E-state index contributed by atoms with van der Waals surface area (Å²) in [5, 5.41) is 3.40. The van der Waals surface area contributed by atoms with Crippen LogP contribution >= 0.6 is 0 Å². The fourth-order valence-electron chi connectivity index (χ4n) is 2.59. The van der Waals surface area contributed by atoms with E-state index in [0.29, 0.717) is 5.92 Å². The van der Waals surface area contributed by atoms with Gasteiger partial charge >= 0.3 is 0 Å². The zero-order chi connectivity index (χ0) is 13.9. The van der Waals surface area contributed by atoms with Crippen molar-refractivity contribution in [1.82, 2.24) is 9.55 Å². The molecule has 20 heavy (non-hydrogen) atoms. The summed E-state index contributed by atoms with van der Waals surface area (Å²) < 4.78 is 8.09. The molecule has 0 saturated carbocycles. The van der Waals surface area contributed by atoms with E-state index in [2.05, 4.69) is 40.8 Å². The van der Waals surface area contributed by atoms with Gasteiger partial charge in [-0.25, -0.2) is 4.98 Å². The molecule has 0 fully saturated rings. The number of aromatic nitrogens is 2. The first-order valence-corrected chi connectivity index (χ1v) is 7.22. The number of rotatable bonds is 5. The molecule has 2 aromatic rings. The molecule has 4 heteroatoms. The van der Waals surface area contributed by atoms with E-state index in [9.17, 15) is 0 Å². The van der Waals surface area contributed by atoms with Crippen LogP contribution in [0.1, 0.15) is 19.4 Å². The minimum Gasteiger partial charge on any atom is -0.488 e. The number of benzene rings is 1. The molecule has 0 saturated heterocycles. The van der Waals surface area contributed by atoms with Crippen LogP contribution in [0.15, 0.2) is 36.7 Å². The van der Waals surface area contributed by atoms with Gasteiger partial charge in [0, 0.05) is 25.4 Å². The van der Waals surface area contributed by atoms with Gasteiger partial charge in [0.05, 0.1) is 6.54 Å². The molecule has 1 N–H and O–H groups in total. The zero-order valence-electron chi connectivity index (χ0n) is 12.0. The van der Waals surface area contributed by atoms with Gasteiger partial charge in [-0.3, -0.25) is 0 Å². The molecule has 106 valence electrons. The predicted octanol–water partition coefficient (Wildman–Crippen LogP) is 2.95. The number of ether oxygens (including phenoxy) is 1. The molecule has 1 aliphatic rings. The summed E-state index contributed by atoms with van der Waals surface area (Å²) in [6.45, 7) is 6.18. The Morgan fingerprint density at radius 1 is 1.40 bits per heavy atom. The van der Waals surface area contributed by atoms with E-state index in [4.69, 9.17) is 4.74 Å². The fraction of sp³-hybridized carbons (Fsp3) is 0.438.